The van der Waals surface area contributed by atoms with Crippen LogP contribution in [0.4, 0.5) is 0 Å². The van der Waals surface area contributed by atoms with Gasteiger partial charge in [-0.15, -0.1) is 0 Å². The third-order valence-corrected chi connectivity index (χ3v) is 1.38. The molecular weight excluding hydrogens is 126 g/mol. The fourth-order valence-electron chi connectivity index (χ4n) is 0.660. The summed E-state index contributed by atoms with van der Waals surface area (Å²) in [7, 11) is 2.03. The minimum Gasteiger partial charge on any atom is -0.374 e. The van der Waals surface area contributed by atoms with Crippen LogP contribution < -0.4 is 0 Å². The van der Waals surface area contributed by atoms with Crippen molar-refractivity contribution in [2.75, 3.05) is 26.8 Å². The highest BCUT2D eigenvalue weighted by Crippen LogP contribution is 2.03. The average Bonchev–Trinajstić information content (AvgIpc) is 2.00. The van der Waals surface area contributed by atoms with Gasteiger partial charge in [0.1, 0.15) is 0 Å². The quantitative estimate of drug-likeness (QED) is 0.509. The third kappa shape index (κ3) is 2.87. The Labute approximate surface area is 63.5 Å². The first-order valence-electron chi connectivity index (χ1n) is 3.77. The van der Waals surface area contributed by atoms with E-state index < -0.39 is 0 Å². The van der Waals surface area contributed by atoms with Crippen molar-refractivity contribution in [1.29, 1.82) is 0 Å². The molecule has 0 atom stereocenters. The van der Waals surface area contributed by atoms with E-state index in [9.17, 15) is 0 Å². The normalized spacial score (nSPS) is 17.9. The number of hydrogen-bond acceptors (Lipinski definition) is 2. The van der Waals surface area contributed by atoms with Crippen molar-refractivity contribution in [3.63, 3.8) is 0 Å². The molecule has 0 N–H and O–H groups in total. The highest BCUT2D eigenvalue weighted by Gasteiger charge is 2.06. The molecule has 0 aliphatic carbocycles. The standard InChI is InChI=1S/C6H11NO.C2H6/c1-6-5-8-4-3-7(6)2;1-2/h1,3-5H2,2H3;1-2H3. The molecule has 1 saturated heterocycles. The van der Waals surface area contributed by atoms with Gasteiger partial charge in [0.25, 0.3) is 0 Å². The van der Waals surface area contributed by atoms with Crippen LogP contribution in [-0.4, -0.2) is 31.7 Å². The van der Waals surface area contributed by atoms with Crippen molar-refractivity contribution in [3.05, 3.63) is 12.3 Å². The van der Waals surface area contributed by atoms with Gasteiger partial charge >= 0.3 is 0 Å². The Morgan fingerprint density at radius 3 is 2.40 bits per heavy atom. The number of rotatable bonds is 0. The van der Waals surface area contributed by atoms with E-state index in [1.54, 1.807) is 0 Å². The molecule has 1 heterocycles. The van der Waals surface area contributed by atoms with E-state index >= 15 is 0 Å². The van der Waals surface area contributed by atoms with E-state index in [0.29, 0.717) is 6.61 Å². The molecule has 0 radical (unpaired) electrons. The maximum absolute atomic E-state index is 5.11. The molecule has 0 aromatic rings. The molecule has 0 bridgehead atoms. The van der Waals surface area contributed by atoms with Crippen molar-refractivity contribution in [1.82, 2.24) is 4.90 Å². The fourth-order valence-corrected chi connectivity index (χ4v) is 0.660. The summed E-state index contributed by atoms with van der Waals surface area (Å²) in [5, 5.41) is 0. The summed E-state index contributed by atoms with van der Waals surface area (Å²) in [5.74, 6) is 0. The van der Waals surface area contributed by atoms with Gasteiger partial charge in [0.2, 0.25) is 0 Å². The topological polar surface area (TPSA) is 12.5 Å². The van der Waals surface area contributed by atoms with Crippen LogP contribution in [0.25, 0.3) is 0 Å². The Bertz CT molecular complexity index is 101. The van der Waals surface area contributed by atoms with Crippen molar-refractivity contribution < 1.29 is 4.74 Å². The van der Waals surface area contributed by atoms with Crippen LogP contribution in [-0.2, 0) is 4.74 Å². The summed E-state index contributed by atoms with van der Waals surface area (Å²) in [6.07, 6.45) is 0. The number of morpholine rings is 1. The van der Waals surface area contributed by atoms with Gasteiger partial charge in [0, 0.05) is 19.3 Å². The van der Waals surface area contributed by atoms with E-state index in [-0.39, 0.29) is 0 Å². The zero-order chi connectivity index (χ0) is 7.98. The largest absolute Gasteiger partial charge is 0.374 e. The van der Waals surface area contributed by atoms with Gasteiger partial charge < -0.3 is 9.64 Å². The van der Waals surface area contributed by atoms with Crippen molar-refractivity contribution in [2.24, 2.45) is 0 Å². The molecule has 0 unspecified atom stereocenters. The first-order chi connectivity index (χ1) is 4.80. The summed E-state index contributed by atoms with van der Waals surface area (Å²) in [6, 6.07) is 0. The van der Waals surface area contributed by atoms with Crippen molar-refractivity contribution in [2.45, 2.75) is 13.8 Å². The highest BCUT2D eigenvalue weighted by atomic mass is 16.5. The summed E-state index contributed by atoms with van der Waals surface area (Å²) >= 11 is 0. The van der Waals surface area contributed by atoms with Crippen molar-refractivity contribution >= 4 is 0 Å². The van der Waals surface area contributed by atoms with Crippen LogP contribution in [0.5, 0.6) is 0 Å². The molecule has 60 valence electrons. The van der Waals surface area contributed by atoms with Gasteiger partial charge in [0.15, 0.2) is 0 Å². The smallest absolute Gasteiger partial charge is 0.0859 e. The molecule has 2 heteroatoms. The molecule has 10 heavy (non-hydrogen) atoms. The average molecular weight is 143 g/mol. The minimum absolute atomic E-state index is 0.705. The predicted molar refractivity (Wildman–Crippen MR) is 43.9 cm³/mol. The molecule has 1 fully saturated rings. The van der Waals surface area contributed by atoms with Crippen molar-refractivity contribution in [3.8, 4) is 0 Å². The van der Waals surface area contributed by atoms with Gasteiger partial charge in [-0.3, -0.25) is 0 Å². The Morgan fingerprint density at radius 2 is 2.10 bits per heavy atom. The summed E-state index contributed by atoms with van der Waals surface area (Å²) in [6.45, 7) is 10.3. The Balaban J connectivity index is 0.000000371. The fraction of sp³-hybridized carbons (Fsp3) is 0.750. The van der Waals surface area contributed by atoms with E-state index in [2.05, 4.69) is 11.5 Å². The lowest BCUT2D eigenvalue weighted by atomic mass is 10.4. The maximum Gasteiger partial charge on any atom is 0.0859 e. The first kappa shape index (κ1) is 9.50. The second-order valence-corrected chi connectivity index (χ2v) is 2.04. The molecule has 1 aliphatic heterocycles. The molecule has 2 nitrogen and oxygen atoms in total. The maximum atomic E-state index is 5.11. The molecule has 0 spiro atoms. The van der Waals surface area contributed by atoms with Crippen LogP contribution in [0.1, 0.15) is 13.8 Å². The molecule has 1 aliphatic rings. The minimum atomic E-state index is 0.705. The predicted octanol–water partition coefficient (Wildman–Crippen LogP) is 1.49. The van der Waals surface area contributed by atoms with Crippen LogP contribution in [0.2, 0.25) is 0 Å². The molecule has 0 saturated carbocycles. The van der Waals surface area contributed by atoms with Gasteiger partial charge in [-0.1, -0.05) is 20.4 Å². The first-order valence-corrected chi connectivity index (χ1v) is 3.77. The van der Waals surface area contributed by atoms with Crippen LogP contribution in [0.15, 0.2) is 12.3 Å². The second kappa shape index (κ2) is 5.30. The number of likely N-dealkylation sites (N-methyl/N-ethyl adjacent to an activating group) is 1. The lowest BCUT2D eigenvalue weighted by molar-refractivity contribution is 0.0849. The number of nitrogens with zero attached hydrogens (tertiary/aromatic N) is 1. The third-order valence-electron chi connectivity index (χ3n) is 1.38. The highest BCUT2D eigenvalue weighted by molar-refractivity contribution is 4.94. The summed E-state index contributed by atoms with van der Waals surface area (Å²) < 4.78 is 5.11. The lowest BCUT2D eigenvalue weighted by Gasteiger charge is -2.26. The summed E-state index contributed by atoms with van der Waals surface area (Å²) in [5.41, 5.74) is 1.08. The molecule has 0 aromatic carbocycles. The number of ether oxygens (including phenoxy) is 1. The Morgan fingerprint density at radius 1 is 1.50 bits per heavy atom. The van der Waals surface area contributed by atoms with E-state index in [1.807, 2.05) is 20.9 Å². The zero-order valence-electron chi connectivity index (χ0n) is 7.18. The molecular formula is C8H17NO. The molecule has 1 rings (SSSR count). The molecule has 0 aromatic heterocycles. The van der Waals surface area contributed by atoms with Gasteiger partial charge in [-0.2, -0.15) is 0 Å². The second-order valence-electron chi connectivity index (χ2n) is 2.04. The monoisotopic (exact) mass is 143 g/mol. The Hall–Kier alpha value is -0.500. The SMILES string of the molecule is C=C1COCCN1C.CC. The number of hydrogen-bond donors (Lipinski definition) is 0. The van der Waals surface area contributed by atoms with E-state index in [1.165, 1.54) is 0 Å². The van der Waals surface area contributed by atoms with Crippen LogP contribution >= 0.6 is 0 Å². The van der Waals surface area contributed by atoms with E-state index in [0.717, 1.165) is 18.8 Å². The lowest BCUT2D eigenvalue weighted by Crippen LogP contribution is -2.30. The van der Waals surface area contributed by atoms with Gasteiger partial charge in [-0.05, 0) is 0 Å². The summed E-state index contributed by atoms with van der Waals surface area (Å²) in [4.78, 5) is 2.11. The zero-order valence-corrected chi connectivity index (χ0v) is 7.18. The Kier molecular flexibility index (Phi) is 5.03. The molecule has 0 amide bonds. The van der Waals surface area contributed by atoms with Gasteiger partial charge in [0.05, 0.1) is 13.2 Å². The van der Waals surface area contributed by atoms with Gasteiger partial charge in [-0.25, -0.2) is 0 Å². The van der Waals surface area contributed by atoms with Crippen LogP contribution in [0.3, 0.4) is 0 Å². The van der Waals surface area contributed by atoms with E-state index in [4.69, 9.17) is 4.74 Å². The van der Waals surface area contributed by atoms with Crippen LogP contribution in [0, 0.1) is 0 Å².